The van der Waals surface area contributed by atoms with E-state index in [1.165, 1.54) is 24.3 Å². The maximum Gasteiger partial charge on any atom is 0.573 e. The average molecular weight is 531 g/mol. The molecule has 2 N–H and O–H groups in total. The van der Waals surface area contributed by atoms with E-state index < -0.39 is 12.3 Å². The van der Waals surface area contributed by atoms with E-state index in [4.69, 9.17) is 9.84 Å². The lowest BCUT2D eigenvalue weighted by molar-refractivity contribution is -0.274. The molecule has 202 valence electrons. The monoisotopic (exact) mass is 530 g/mol. The van der Waals surface area contributed by atoms with Gasteiger partial charge >= 0.3 is 12.3 Å². The fourth-order valence-electron chi connectivity index (χ4n) is 3.70. The number of rotatable bonds is 13. The summed E-state index contributed by atoms with van der Waals surface area (Å²) < 4.78 is 47.3. The second-order valence-corrected chi connectivity index (χ2v) is 8.58. The number of nitrogens with zero attached hydrogens (tertiary/aromatic N) is 1. The van der Waals surface area contributed by atoms with E-state index in [1.54, 1.807) is 36.5 Å². The third-order valence-electron chi connectivity index (χ3n) is 5.63. The second-order valence-electron chi connectivity index (χ2n) is 8.58. The van der Waals surface area contributed by atoms with Crippen LogP contribution in [0.3, 0.4) is 0 Å². The standard InChI is InChI=1S/C28H29F3N2O5/c1-2-3-4-5-25(37-22-11-8-20(9-12-22)27(36)32-17-16-26(34)35)21-10-15-24(33-18-21)19-6-13-23(14-7-19)38-28(29,30)31/h6-15,18,25H,2-5,16-17H2,1H3,(H,32,36)(H,34,35). The molecule has 3 aromatic rings. The number of carboxylic acid groups (broad SMARTS) is 1. The van der Waals surface area contributed by atoms with Gasteiger partial charge in [-0.1, -0.05) is 25.8 Å². The number of amides is 1. The summed E-state index contributed by atoms with van der Waals surface area (Å²) in [6.07, 6.45) is 0.261. The fraction of sp³-hybridized carbons (Fsp3) is 0.321. The van der Waals surface area contributed by atoms with Crippen LogP contribution in [0.2, 0.25) is 0 Å². The molecular formula is C28H29F3N2O5. The molecule has 0 spiro atoms. The van der Waals surface area contributed by atoms with Gasteiger partial charge in [-0.05, 0) is 67.4 Å². The van der Waals surface area contributed by atoms with Crippen molar-refractivity contribution in [2.45, 2.75) is 51.5 Å². The van der Waals surface area contributed by atoms with E-state index in [9.17, 15) is 22.8 Å². The first-order chi connectivity index (χ1) is 18.1. The quantitative estimate of drug-likeness (QED) is 0.243. The Labute approximate surface area is 218 Å². The largest absolute Gasteiger partial charge is 0.573 e. The van der Waals surface area contributed by atoms with Crippen molar-refractivity contribution in [2.24, 2.45) is 0 Å². The molecule has 0 saturated carbocycles. The number of ether oxygens (including phenoxy) is 2. The number of alkyl halides is 3. The molecule has 1 unspecified atom stereocenters. The van der Waals surface area contributed by atoms with Crippen LogP contribution >= 0.6 is 0 Å². The van der Waals surface area contributed by atoms with Gasteiger partial charge in [0.25, 0.3) is 5.91 Å². The lowest BCUT2D eigenvalue weighted by Crippen LogP contribution is -2.25. The lowest BCUT2D eigenvalue weighted by Gasteiger charge is -2.20. The van der Waals surface area contributed by atoms with Gasteiger partial charge in [0, 0.05) is 29.4 Å². The number of carbonyl (C=O) groups is 2. The molecule has 1 amide bonds. The fourth-order valence-corrected chi connectivity index (χ4v) is 3.70. The topological polar surface area (TPSA) is 97.8 Å². The molecule has 0 bridgehead atoms. The van der Waals surface area contributed by atoms with Crippen LogP contribution in [0.4, 0.5) is 13.2 Å². The van der Waals surface area contributed by atoms with Crippen LogP contribution in [0, 0.1) is 0 Å². The molecule has 1 atom stereocenters. The highest BCUT2D eigenvalue weighted by Crippen LogP contribution is 2.29. The molecule has 2 aromatic carbocycles. The van der Waals surface area contributed by atoms with Gasteiger partial charge in [-0.25, -0.2) is 0 Å². The molecular weight excluding hydrogens is 501 g/mol. The van der Waals surface area contributed by atoms with Gasteiger partial charge in [-0.2, -0.15) is 0 Å². The summed E-state index contributed by atoms with van der Waals surface area (Å²) in [6.45, 7) is 2.15. The van der Waals surface area contributed by atoms with Gasteiger partial charge in [0.2, 0.25) is 0 Å². The predicted octanol–water partition coefficient (Wildman–Crippen LogP) is 6.55. The molecule has 0 radical (unpaired) electrons. The average Bonchev–Trinajstić information content (AvgIpc) is 2.88. The Balaban J connectivity index is 1.69. The summed E-state index contributed by atoms with van der Waals surface area (Å²) >= 11 is 0. The van der Waals surface area contributed by atoms with Gasteiger partial charge in [-0.15, -0.1) is 13.2 Å². The van der Waals surface area contributed by atoms with E-state index >= 15 is 0 Å². The zero-order valence-corrected chi connectivity index (χ0v) is 20.8. The molecule has 0 aliphatic heterocycles. The molecule has 7 nitrogen and oxygen atoms in total. The molecule has 0 saturated heterocycles. The van der Waals surface area contributed by atoms with Gasteiger partial charge in [-0.3, -0.25) is 14.6 Å². The number of pyridine rings is 1. The number of unbranched alkanes of at least 4 members (excludes halogenated alkanes) is 2. The van der Waals surface area contributed by atoms with E-state index in [2.05, 4.69) is 22.0 Å². The lowest BCUT2D eigenvalue weighted by atomic mass is 10.0. The van der Waals surface area contributed by atoms with Crippen molar-refractivity contribution in [1.29, 1.82) is 0 Å². The van der Waals surface area contributed by atoms with E-state index in [1.807, 2.05) is 6.07 Å². The summed E-state index contributed by atoms with van der Waals surface area (Å²) in [6, 6.07) is 15.8. The number of halogens is 3. The van der Waals surface area contributed by atoms with Crippen molar-refractivity contribution in [1.82, 2.24) is 10.3 Å². The van der Waals surface area contributed by atoms with Crippen molar-refractivity contribution >= 4 is 11.9 Å². The minimum atomic E-state index is -4.75. The number of carbonyl (C=O) groups excluding carboxylic acids is 1. The smallest absolute Gasteiger partial charge is 0.486 e. The Hall–Kier alpha value is -4.08. The molecule has 0 aliphatic rings. The molecule has 0 aliphatic carbocycles. The molecule has 38 heavy (non-hydrogen) atoms. The molecule has 1 heterocycles. The Kier molecular flexibility index (Phi) is 10.1. The van der Waals surface area contributed by atoms with Crippen LogP contribution in [-0.2, 0) is 4.79 Å². The van der Waals surface area contributed by atoms with Crippen molar-refractivity contribution < 1.29 is 37.3 Å². The van der Waals surface area contributed by atoms with Crippen LogP contribution in [0.15, 0.2) is 66.9 Å². The Morgan fingerprint density at radius 3 is 2.24 bits per heavy atom. The number of benzene rings is 2. The third kappa shape index (κ3) is 9.10. The number of aromatic nitrogens is 1. The van der Waals surface area contributed by atoms with Gasteiger partial charge in [0.15, 0.2) is 0 Å². The van der Waals surface area contributed by atoms with Gasteiger partial charge in [0.05, 0.1) is 12.1 Å². The zero-order chi connectivity index (χ0) is 27.5. The van der Waals surface area contributed by atoms with Crippen LogP contribution in [0.5, 0.6) is 11.5 Å². The number of hydrogen-bond acceptors (Lipinski definition) is 5. The number of nitrogens with one attached hydrogen (secondary N) is 1. The summed E-state index contributed by atoms with van der Waals surface area (Å²) in [4.78, 5) is 27.3. The molecule has 10 heteroatoms. The number of carboxylic acids is 1. The second kappa shape index (κ2) is 13.5. The van der Waals surface area contributed by atoms with E-state index in [0.29, 0.717) is 22.6 Å². The van der Waals surface area contributed by atoms with Crippen molar-refractivity contribution in [3.63, 3.8) is 0 Å². The minimum absolute atomic E-state index is 0.0421. The SMILES string of the molecule is CCCCCC(Oc1ccc(C(=O)NCCC(=O)O)cc1)c1ccc(-c2ccc(OC(F)(F)F)cc2)nc1. The van der Waals surface area contributed by atoms with Gasteiger partial charge in [0.1, 0.15) is 17.6 Å². The van der Waals surface area contributed by atoms with Gasteiger partial charge < -0.3 is 19.9 Å². The highest BCUT2D eigenvalue weighted by atomic mass is 19.4. The maximum atomic E-state index is 12.4. The Morgan fingerprint density at radius 2 is 1.66 bits per heavy atom. The van der Waals surface area contributed by atoms with Crippen LogP contribution < -0.4 is 14.8 Å². The molecule has 0 fully saturated rings. The van der Waals surface area contributed by atoms with Crippen LogP contribution in [-0.4, -0.2) is 34.9 Å². The van der Waals surface area contributed by atoms with Crippen molar-refractivity contribution in [3.05, 3.63) is 78.0 Å². The molecule has 1 aromatic heterocycles. The van der Waals surface area contributed by atoms with E-state index in [0.717, 1.165) is 31.2 Å². The predicted molar refractivity (Wildman–Crippen MR) is 135 cm³/mol. The molecule has 3 rings (SSSR count). The maximum absolute atomic E-state index is 12.4. The summed E-state index contributed by atoms with van der Waals surface area (Å²) in [7, 11) is 0. The first kappa shape index (κ1) is 28.5. The summed E-state index contributed by atoms with van der Waals surface area (Å²) in [5.74, 6) is -1.09. The summed E-state index contributed by atoms with van der Waals surface area (Å²) in [5.41, 5.74) is 2.48. The Bertz CT molecular complexity index is 1180. The highest BCUT2D eigenvalue weighted by Gasteiger charge is 2.31. The zero-order valence-electron chi connectivity index (χ0n) is 20.8. The van der Waals surface area contributed by atoms with Crippen LogP contribution in [0.1, 0.15) is 61.1 Å². The van der Waals surface area contributed by atoms with Crippen molar-refractivity contribution in [3.8, 4) is 22.8 Å². The first-order valence-electron chi connectivity index (χ1n) is 12.2. The third-order valence-corrected chi connectivity index (χ3v) is 5.63. The van der Waals surface area contributed by atoms with E-state index in [-0.39, 0.29) is 30.7 Å². The minimum Gasteiger partial charge on any atom is -0.486 e. The number of hydrogen-bond donors (Lipinski definition) is 2. The normalized spacial score (nSPS) is 12.0. The highest BCUT2D eigenvalue weighted by molar-refractivity contribution is 5.94. The van der Waals surface area contributed by atoms with Crippen molar-refractivity contribution in [2.75, 3.05) is 6.54 Å². The number of aliphatic carboxylic acids is 1. The van der Waals surface area contributed by atoms with Crippen LogP contribution in [0.25, 0.3) is 11.3 Å². The summed E-state index contributed by atoms with van der Waals surface area (Å²) in [5, 5.41) is 11.3. The first-order valence-corrected chi connectivity index (χ1v) is 12.2. The Morgan fingerprint density at radius 1 is 0.974 bits per heavy atom.